The van der Waals surface area contributed by atoms with Gasteiger partial charge in [-0.15, -0.1) is 0 Å². The van der Waals surface area contributed by atoms with Crippen molar-refractivity contribution in [2.45, 2.75) is 0 Å². The summed E-state index contributed by atoms with van der Waals surface area (Å²) in [5.41, 5.74) is 1.65. The molecule has 0 fully saturated rings. The van der Waals surface area contributed by atoms with E-state index in [1.807, 2.05) is 6.07 Å². The zero-order valence-electron chi connectivity index (χ0n) is 11.4. The van der Waals surface area contributed by atoms with Crippen LogP contribution >= 0.6 is 0 Å². The van der Waals surface area contributed by atoms with Crippen LogP contribution in [0.25, 0.3) is 6.08 Å². The Labute approximate surface area is 122 Å². The van der Waals surface area contributed by atoms with Gasteiger partial charge >= 0.3 is 5.97 Å². The van der Waals surface area contributed by atoms with Gasteiger partial charge in [-0.25, -0.2) is 4.79 Å². The van der Waals surface area contributed by atoms with E-state index in [-0.39, 0.29) is 11.5 Å². The fraction of sp³-hybridized carbons (Fsp3) is 0.0625. The number of amides is 1. The van der Waals surface area contributed by atoms with E-state index in [0.717, 1.165) is 5.56 Å². The predicted octanol–water partition coefficient (Wildman–Crippen LogP) is 2.46. The third kappa shape index (κ3) is 3.76. The zero-order valence-corrected chi connectivity index (χ0v) is 11.4. The lowest BCUT2D eigenvalue weighted by molar-refractivity contribution is -0.113. The van der Waals surface area contributed by atoms with E-state index in [2.05, 4.69) is 4.98 Å². The van der Waals surface area contributed by atoms with E-state index in [0.29, 0.717) is 5.69 Å². The minimum Gasteiger partial charge on any atom is -0.478 e. The standard InChI is InChI=1S/C16H14N2O3/c1-18(14-7-5-13(6-8-14)16(20)21)15(19)9-4-12-3-2-10-17-11-12/h2-11H,1H3,(H,20,21)/b9-4+. The molecule has 5 nitrogen and oxygen atoms in total. The van der Waals surface area contributed by atoms with Crippen LogP contribution in [0.15, 0.2) is 54.9 Å². The maximum atomic E-state index is 12.0. The molecule has 2 rings (SSSR count). The summed E-state index contributed by atoms with van der Waals surface area (Å²) >= 11 is 0. The lowest BCUT2D eigenvalue weighted by Gasteiger charge is -2.15. The number of aromatic nitrogens is 1. The van der Waals surface area contributed by atoms with Crippen LogP contribution in [0.3, 0.4) is 0 Å². The highest BCUT2D eigenvalue weighted by molar-refractivity contribution is 6.03. The number of benzene rings is 1. The number of carbonyl (C=O) groups is 2. The second-order valence-electron chi connectivity index (χ2n) is 4.37. The first-order valence-corrected chi connectivity index (χ1v) is 6.27. The molecular formula is C16H14N2O3. The molecule has 5 heteroatoms. The van der Waals surface area contributed by atoms with E-state index < -0.39 is 5.97 Å². The predicted molar refractivity (Wildman–Crippen MR) is 80.1 cm³/mol. The average molecular weight is 282 g/mol. The number of rotatable bonds is 4. The first-order valence-electron chi connectivity index (χ1n) is 6.27. The highest BCUT2D eigenvalue weighted by Gasteiger charge is 2.09. The maximum Gasteiger partial charge on any atom is 0.335 e. The van der Waals surface area contributed by atoms with E-state index in [4.69, 9.17) is 5.11 Å². The summed E-state index contributed by atoms with van der Waals surface area (Å²) in [4.78, 5) is 28.2. The highest BCUT2D eigenvalue weighted by Crippen LogP contribution is 2.14. The molecule has 1 heterocycles. The highest BCUT2D eigenvalue weighted by atomic mass is 16.4. The molecule has 0 saturated heterocycles. The Balaban J connectivity index is 2.08. The first-order chi connectivity index (χ1) is 10.1. The van der Waals surface area contributed by atoms with Crippen molar-refractivity contribution >= 4 is 23.6 Å². The Morgan fingerprint density at radius 3 is 2.48 bits per heavy atom. The molecule has 0 unspecified atom stereocenters. The van der Waals surface area contributed by atoms with E-state index >= 15 is 0 Å². The van der Waals surface area contributed by atoms with Gasteiger partial charge in [0, 0.05) is 31.2 Å². The molecule has 106 valence electrons. The fourth-order valence-electron chi connectivity index (χ4n) is 1.71. The molecule has 1 N–H and O–H groups in total. The van der Waals surface area contributed by atoms with Crippen molar-refractivity contribution in [1.29, 1.82) is 0 Å². The monoisotopic (exact) mass is 282 g/mol. The molecular weight excluding hydrogens is 268 g/mol. The van der Waals surface area contributed by atoms with Crippen molar-refractivity contribution in [1.82, 2.24) is 4.98 Å². The number of pyridine rings is 1. The van der Waals surface area contributed by atoms with Crippen LogP contribution in [-0.2, 0) is 4.79 Å². The number of carboxylic acid groups (broad SMARTS) is 1. The van der Waals surface area contributed by atoms with Gasteiger partial charge in [0.2, 0.25) is 0 Å². The molecule has 0 bridgehead atoms. The van der Waals surface area contributed by atoms with Crippen LogP contribution < -0.4 is 4.90 Å². The summed E-state index contributed by atoms with van der Waals surface area (Å²) in [5, 5.41) is 8.84. The van der Waals surface area contributed by atoms with Gasteiger partial charge in [-0.3, -0.25) is 9.78 Å². The van der Waals surface area contributed by atoms with E-state index in [1.165, 1.54) is 23.1 Å². The van der Waals surface area contributed by atoms with Gasteiger partial charge in [-0.1, -0.05) is 6.07 Å². The molecule has 21 heavy (non-hydrogen) atoms. The number of nitrogens with zero attached hydrogens (tertiary/aromatic N) is 2. The van der Waals surface area contributed by atoms with Gasteiger partial charge in [-0.2, -0.15) is 0 Å². The van der Waals surface area contributed by atoms with E-state index in [9.17, 15) is 9.59 Å². The van der Waals surface area contributed by atoms with Gasteiger partial charge in [0.05, 0.1) is 5.56 Å². The van der Waals surface area contributed by atoms with Crippen molar-refractivity contribution in [3.63, 3.8) is 0 Å². The van der Waals surface area contributed by atoms with Gasteiger partial charge in [-0.05, 0) is 42.0 Å². The second-order valence-corrected chi connectivity index (χ2v) is 4.37. The molecule has 1 aromatic carbocycles. The number of hydrogen-bond acceptors (Lipinski definition) is 3. The van der Waals surface area contributed by atoms with Crippen molar-refractivity contribution in [2.24, 2.45) is 0 Å². The largest absolute Gasteiger partial charge is 0.478 e. The van der Waals surface area contributed by atoms with Crippen LogP contribution in [0, 0.1) is 0 Å². The quantitative estimate of drug-likeness (QED) is 0.874. The molecule has 0 aliphatic carbocycles. The normalized spacial score (nSPS) is 10.5. The van der Waals surface area contributed by atoms with Gasteiger partial charge in [0.1, 0.15) is 0 Å². The molecule has 2 aromatic rings. The topological polar surface area (TPSA) is 70.5 Å². The lowest BCUT2D eigenvalue weighted by atomic mass is 10.2. The number of carboxylic acids is 1. The molecule has 0 aliphatic heterocycles. The number of hydrogen-bond donors (Lipinski definition) is 1. The van der Waals surface area contributed by atoms with Gasteiger partial charge in [0.15, 0.2) is 0 Å². The van der Waals surface area contributed by atoms with Crippen LogP contribution in [-0.4, -0.2) is 29.0 Å². The lowest BCUT2D eigenvalue weighted by Crippen LogP contribution is -2.23. The molecule has 0 spiro atoms. The van der Waals surface area contributed by atoms with E-state index in [1.54, 1.807) is 43.7 Å². The number of aromatic carboxylic acids is 1. The Bertz CT molecular complexity index is 664. The maximum absolute atomic E-state index is 12.0. The van der Waals surface area contributed by atoms with Crippen LogP contribution in [0.4, 0.5) is 5.69 Å². The Kier molecular flexibility index (Phi) is 4.46. The summed E-state index contributed by atoms with van der Waals surface area (Å²) in [5.74, 6) is -1.20. The van der Waals surface area contributed by atoms with Gasteiger partial charge in [0.25, 0.3) is 5.91 Å². The third-order valence-electron chi connectivity index (χ3n) is 2.93. The van der Waals surface area contributed by atoms with Crippen LogP contribution in [0.1, 0.15) is 15.9 Å². The smallest absolute Gasteiger partial charge is 0.335 e. The minimum absolute atomic E-state index is 0.186. The van der Waals surface area contributed by atoms with Crippen LogP contribution in [0.5, 0.6) is 0 Å². The number of likely N-dealkylation sites (N-methyl/N-ethyl adjacent to an activating group) is 1. The summed E-state index contributed by atoms with van der Waals surface area (Å²) in [6.07, 6.45) is 6.44. The SMILES string of the molecule is CN(C(=O)/C=C/c1cccnc1)c1ccc(C(=O)O)cc1. The molecule has 0 radical (unpaired) electrons. The third-order valence-corrected chi connectivity index (χ3v) is 2.93. The van der Waals surface area contributed by atoms with Crippen molar-refractivity contribution < 1.29 is 14.7 Å². The van der Waals surface area contributed by atoms with Gasteiger partial charge < -0.3 is 10.0 Å². The summed E-state index contributed by atoms with van der Waals surface area (Å²) in [6.45, 7) is 0. The molecule has 0 aliphatic rings. The summed E-state index contributed by atoms with van der Waals surface area (Å²) in [6, 6.07) is 9.76. The average Bonchev–Trinajstić information content (AvgIpc) is 2.53. The van der Waals surface area contributed by atoms with Crippen molar-refractivity contribution in [3.8, 4) is 0 Å². The fourth-order valence-corrected chi connectivity index (χ4v) is 1.71. The zero-order chi connectivity index (χ0) is 15.2. The first kappa shape index (κ1) is 14.5. The second kappa shape index (κ2) is 6.47. The molecule has 1 amide bonds. The number of carbonyl (C=O) groups excluding carboxylic acids is 1. The Hall–Kier alpha value is -2.95. The van der Waals surface area contributed by atoms with Crippen LogP contribution in [0.2, 0.25) is 0 Å². The molecule has 0 saturated carbocycles. The Morgan fingerprint density at radius 1 is 1.19 bits per heavy atom. The summed E-state index contributed by atoms with van der Waals surface area (Å²) < 4.78 is 0. The summed E-state index contributed by atoms with van der Waals surface area (Å²) in [7, 11) is 1.63. The van der Waals surface area contributed by atoms with Crippen molar-refractivity contribution in [2.75, 3.05) is 11.9 Å². The molecule has 1 aromatic heterocycles. The van der Waals surface area contributed by atoms with Crippen molar-refractivity contribution in [3.05, 3.63) is 66.0 Å². The molecule has 0 atom stereocenters. The number of anilines is 1. The minimum atomic E-state index is -0.994. The Morgan fingerprint density at radius 2 is 1.90 bits per heavy atom.